The van der Waals surface area contributed by atoms with Gasteiger partial charge in [0.25, 0.3) is 0 Å². The molecule has 0 amide bonds. The van der Waals surface area contributed by atoms with E-state index in [1.807, 2.05) is 18.2 Å². The van der Waals surface area contributed by atoms with Gasteiger partial charge in [-0.25, -0.2) is 0 Å². The van der Waals surface area contributed by atoms with Crippen LogP contribution in [0.25, 0.3) is 0 Å². The summed E-state index contributed by atoms with van der Waals surface area (Å²) in [7, 11) is 2.19. The molecule has 1 aromatic rings. The van der Waals surface area contributed by atoms with Crippen molar-refractivity contribution < 1.29 is 0 Å². The van der Waals surface area contributed by atoms with Gasteiger partial charge in [0.1, 0.15) is 0 Å². The van der Waals surface area contributed by atoms with Crippen molar-refractivity contribution in [2.75, 3.05) is 32.0 Å². The molecular weight excluding hydrogens is 302 g/mol. The van der Waals surface area contributed by atoms with Crippen LogP contribution in [0, 0.1) is 17.2 Å². The van der Waals surface area contributed by atoms with E-state index in [2.05, 4.69) is 39.3 Å². The maximum absolute atomic E-state index is 8.94. The highest BCUT2D eigenvalue weighted by Crippen LogP contribution is 2.22. The Labute approximate surface area is 123 Å². The monoisotopic (exact) mass is 321 g/mol. The highest BCUT2D eigenvalue weighted by molar-refractivity contribution is 9.10. The summed E-state index contributed by atoms with van der Waals surface area (Å²) >= 11 is 3.43. The van der Waals surface area contributed by atoms with Crippen molar-refractivity contribution in [1.82, 2.24) is 4.90 Å². The Bertz CT molecular complexity index is 459. The molecule has 4 heteroatoms. The molecule has 0 spiro atoms. The van der Waals surface area contributed by atoms with E-state index < -0.39 is 0 Å². The molecule has 0 aliphatic carbocycles. The number of hydrogen-bond acceptors (Lipinski definition) is 3. The number of hydrogen-bond donors (Lipinski definition) is 1. The normalized spacial score (nSPS) is 17.1. The molecule has 1 N–H and O–H groups in total. The number of benzene rings is 1. The predicted molar refractivity (Wildman–Crippen MR) is 82.2 cm³/mol. The van der Waals surface area contributed by atoms with Gasteiger partial charge in [-0.05, 0) is 63.5 Å². The first kappa shape index (κ1) is 14.4. The minimum absolute atomic E-state index is 0.691. The standard InChI is InChI=1S/C15H20BrN3/c1-19-6-3-12(4-7-19)2-5-18-15-9-13(11-17)8-14(16)10-15/h8-10,12,18H,2-7H2,1H3. The third kappa shape index (κ3) is 4.52. The summed E-state index contributed by atoms with van der Waals surface area (Å²) in [5.74, 6) is 0.839. The largest absolute Gasteiger partial charge is 0.385 e. The SMILES string of the molecule is CN1CCC(CCNc2cc(Br)cc(C#N)c2)CC1. The number of anilines is 1. The molecule has 102 valence electrons. The minimum Gasteiger partial charge on any atom is -0.385 e. The molecule has 1 aliphatic heterocycles. The smallest absolute Gasteiger partial charge is 0.0992 e. The van der Waals surface area contributed by atoms with Crippen molar-refractivity contribution in [3.05, 3.63) is 28.2 Å². The number of likely N-dealkylation sites (tertiary alicyclic amines) is 1. The summed E-state index contributed by atoms with van der Waals surface area (Å²) in [5.41, 5.74) is 1.72. The Kier molecular flexibility index (Phi) is 5.24. The number of nitriles is 1. The van der Waals surface area contributed by atoms with Crippen molar-refractivity contribution in [2.24, 2.45) is 5.92 Å². The van der Waals surface area contributed by atoms with Gasteiger partial charge in [-0.1, -0.05) is 15.9 Å². The summed E-state index contributed by atoms with van der Waals surface area (Å²) in [4.78, 5) is 2.40. The Morgan fingerprint density at radius 2 is 2.11 bits per heavy atom. The van der Waals surface area contributed by atoms with Crippen LogP contribution in [0.3, 0.4) is 0 Å². The van der Waals surface area contributed by atoms with E-state index in [0.29, 0.717) is 5.56 Å². The number of nitrogens with zero attached hydrogens (tertiary/aromatic N) is 2. The lowest BCUT2D eigenvalue weighted by Gasteiger charge is -2.29. The topological polar surface area (TPSA) is 39.1 Å². The van der Waals surface area contributed by atoms with Crippen molar-refractivity contribution >= 4 is 21.6 Å². The first-order chi connectivity index (χ1) is 9.17. The molecule has 0 saturated carbocycles. The maximum atomic E-state index is 8.94. The second-order valence-electron chi connectivity index (χ2n) is 5.30. The third-order valence-corrected chi connectivity index (χ3v) is 4.20. The summed E-state index contributed by atoms with van der Waals surface area (Å²) in [6, 6.07) is 7.94. The van der Waals surface area contributed by atoms with Crippen molar-refractivity contribution in [1.29, 1.82) is 5.26 Å². The van der Waals surface area contributed by atoms with Gasteiger partial charge in [-0.15, -0.1) is 0 Å². The Hall–Kier alpha value is -1.05. The molecule has 0 unspecified atom stereocenters. The van der Waals surface area contributed by atoms with Crippen LogP contribution in [-0.2, 0) is 0 Å². The van der Waals surface area contributed by atoms with Gasteiger partial charge in [-0.2, -0.15) is 5.26 Å². The van der Waals surface area contributed by atoms with Crippen molar-refractivity contribution in [2.45, 2.75) is 19.3 Å². The Morgan fingerprint density at radius 3 is 2.79 bits per heavy atom. The lowest BCUT2D eigenvalue weighted by molar-refractivity contribution is 0.215. The highest BCUT2D eigenvalue weighted by Gasteiger charge is 2.15. The maximum Gasteiger partial charge on any atom is 0.0992 e. The van der Waals surface area contributed by atoms with Gasteiger partial charge in [0, 0.05) is 16.7 Å². The minimum atomic E-state index is 0.691. The zero-order valence-electron chi connectivity index (χ0n) is 11.3. The summed E-state index contributed by atoms with van der Waals surface area (Å²) < 4.78 is 0.952. The third-order valence-electron chi connectivity index (χ3n) is 3.75. The van der Waals surface area contributed by atoms with E-state index in [4.69, 9.17) is 5.26 Å². The van der Waals surface area contributed by atoms with Crippen molar-refractivity contribution in [3.8, 4) is 6.07 Å². The van der Waals surface area contributed by atoms with Crippen LogP contribution in [0.15, 0.2) is 22.7 Å². The van der Waals surface area contributed by atoms with E-state index in [0.717, 1.165) is 22.6 Å². The molecule has 0 bridgehead atoms. The molecule has 3 nitrogen and oxygen atoms in total. The second-order valence-corrected chi connectivity index (χ2v) is 6.22. The van der Waals surface area contributed by atoms with Gasteiger partial charge in [0.15, 0.2) is 0 Å². The van der Waals surface area contributed by atoms with Gasteiger partial charge < -0.3 is 10.2 Å². The molecule has 1 fully saturated rings. The fourth-order valence-corrected chi connectivity index (χ4v) is 3.02. The molecule has 0 radical (unpaired) electrons. The zero-order chi connectivity index (χ0) is 13.7. The Balaban J connectivity index is 1.79. The fourth-order valence-electron chi connectivity index (χ4n) is 2.53. The molecule has 0 aromatic heterocycles. The first-order valence-corrected chi connectivity index (χ1v) is 7.60. The number of nitrogens with one attached hydrogen (secondary N) is 1. The van der Waals surface area contributed by atoms with Gasteiger partial charge in [0.2, 0.25) is 0 Å². The van der Waals surface area contributed by atoms with Crippen LogP contribution in [-0.4, -0.2) is 31.6 Å². The quantitative estimate of drug-likeness (QED) is 0.923. The van der Waals surface area contributed by atoms with Crippen LogP contribution in [0.1, 0.15) is 24.8 Å². The Morgan fingerprint density at radius 1 is 1.37 bits per heavy atom. The zero-order valence-corrected chi connectivity index (χ0v) is 12.9. The van der Waals surface area contributed by atoms with E-state index in [-0.39, 0.29) is 0 Å². The molecule has 1 saturated heterocycles. The molecule has 1 heterocycles. The summed E-state index contributed by atoms with van der Waals surface area (Å²) in [5, 5.41) is 12.4. The van der Waals surface area contributed by atoms with Gasteiger partial charge in [0.05, 0.1) is 11.6 Å². The molecule has 1 aromatic carbocycles. The highest BCUT2D eigenvalue weighted by atomic mass is 79.9. The number of piperidine rings is 1. The second kappa shape index (κ2) is 6.93. The van der Waals surface area contributed by atoms with E-state index in [1.165, 1.54) is 32.4 Å². The van der Waals surface area contributed by atoms with E-state index >= 15 is 0 Å². The van der Waals surface area contributed by atoms with E-state index in [1.54, 1.807) is 0 Å². The van der Waals surface area contributed by atoms with Crippen LogP contribution in [0.2, 0.25) is 0 Å². The van der Waals surface area contributed by atoms with Crippen molar-refractivity contribution in [3.63, 3.8) is 0 Å². The average Bonchev–Trinajstić information content (AvgIpc) is 2.40. The molecular formula is C15H20BrN3. The fraction of sp³-hybridized carbons (Fsp3) is 0.533. The number of halogens is 1. The molecule has 2 rings (SSSR count). The van der Waals surface area contributed by atoms with Crippen LogP contribution < -0.4 is 5.32 Å². The molecule has 19 heavy (non-hydrogen) atoms. The van der Waals surface area contributed by atoms with Gasteiger partial charge in [-0.3, -0.25) is 0 Å². The lowest BCUT2D eigenvalue weighted by Crippen LogP contribution is -2.30. The summed E-state index contributed by atoms with van der Waals surface area (Å²) in [6.07, 6.45) is 3.82. The van der Waals surface area contributed by atoms with Crippen LogP contribution in [0.5, 0.6) is 0 Å². The summed E-state index contributed by atoms with van der Waals surface area (Å²) in [6.45, 7) is 3.43. The first-order valence-electron chi connectivity index (χ1n) is 6.80. The number of rotatable bonds is 4. The lowest BCUT2D eigenvalue weighted by atomic mass is 9.94. The van der Waals surface area contributed by atoms with Crippen LogP contribution >= 0.6 is 15.9 Å². The molecule has 0 atom stereocenters. The average molecular weight is 322 g/mol. The van der Waals surface area contributed by atoms with E-state index in [9.17, 15) is 0 Å². The molecule has 1 aliphatic rings. The predicted octanol–water partition coefficient (Wildman–Crippen LogP) is 3.46. The van der Waals surface area contributed by atoms with Gasteiger partial charge >= 0.3 is 0 Å². The van der Waals surface area contributed by atoms with Crippen LogP contribution in [0.4, 0.5) is 5.69 Å².